The summed E-state index contributed by atoms with van der Waals surface area (Å²) >= 11 is 3.34. The molecule has 0 saturated heterocycles. The molecule has 0 fully saturated rings. The molecule has 2 heterocycles. The Morgan fingerprint density at radius 3 is 1.96 bits per heavy atom. The van der Waals surface area contributed by atoms with E-state index < -0.39 is 35.0 Å². The minimum absolute atomic E-state index is 0.00921. The van der Waals surface area contributed by atoms with Gasteiger partial charge in [0.15, 0.2) is 0 Å². The number of methoxy groups -OCH3 is 1. The number of hydrogen-bond donors (Lipinski definition) is 2. The monoisotopic (exact) mass is 697 g/mol. The van der Waals surface area contributed by atoms with Crippen molar-refractivity contribution in [1.82, 2.24) is 4.40 Å². The van der Waals surface area contributed by atoms with E-state index in [9.17, 15) is 31.1 Å². The van der Waals surface area contributed by atoms with Crippen molar-refractivity contribution >= 4 is 60.8 Å². The van der Waals surface area contributed by atoms with Crippen LogP contribution >= 0.6 is 15.9 Å². The highest BCUT2D eigenvalue weighted by molar-refractivity contribution is 9.10. The minimum Gasteiger partial charge on any atom is -0.497 e. The van der Waals surface area contributed by atoms with E-state index in [0.29, 0.717) is 38.9 Å². The highest BCUT2D eigenvalue weighted by atomic mass is 79.9. The van der Waals surface area contributed by atoms with Crippen molar-refractivity contribution in [2.75, 3.05) is 17.7 Å². The molecule has 0 amide bonds. The molecule has 6 rings (SSSR count). The summed E-state index contributed by atoms with van der Waals surface area (Å²) in [6.07, 6.45) is -8.50. The fraction of sp³-hybridized carbons (Fsp3) is 0.0882. The van der Waals surface area contributed by atoms with Crippen molar-refractivity contribution in [3.05, 3.63) is 130 Å². The lowest BCUT2D eigenvalue weighted by atomic mass is 10.1. The Kier molecular flexibility index (Phi) is 7.93. The first-order chi connectivity index (χ1) is 21.8. The summed E-state index contributed by atoms with van der Waals surface area (Å²) < 4.78 is 90.5. The summed E-state index contributed by atoms with van der Waals surface area (Å²) in [4.78, 5) is 14.2. The number of fused-ring (bicyclic) bond motifs is 3. The van der Waals surface area contributed by atoms with Crippen molar-refractivity contribution in [3.8, 4) is 5.75 Å². The van der Waals surface area contributed by atoms with Crippen LogP contribution in [0, 0.1) is 0 Å². The average molecular weight is 698 g/mol. The molecule has 0 aliphatic rings. The second-order valence-electron chi connectivity index (χ2n) is 10.3. The lowest BCUT2D eigenvalue weighted by Gasteiger charge is -2.17. The molecule has 0 bridgehead atoms. The van der Waals surface area contributed by atoms with Gasteiger partial charge in [0.05, 0.1) is 35.1 Å². The van der Waals surface area contributed by atoms with E-state index in [0.717, 1.165) is 5.39 Å². The second kappa shape index (κ2) is 11.8. The number of alkyl halides is 6. The van der Waals surface area contributed by atoms with Gasteiger partial charge >= 0.3 is 12.4 Å². The maximum absolute atomic E-state index is 14.2. The van der Waals surface area contributed by atoms with E-state index in [1.54, 1.807) is 71.3 Å². The molecule has 0 spiro atoms. The van der Waals surface area contributed by atoms with Gasteiger partial charge in [-0.15, -0.1) is 0 Å². The zero-order chi connectivity index (χ0) is 32.8. The van der Waals surface area contributed by atoms with Gasteiger partial charge in [-0.1, -0.05) is 40.2 Å². The molecule has 2 N–H and O–H groups in total. The molecule has 6 aromatic rings. The van der Waals surface area contributed by atoms with E-state index in [4.69, 9.17) is 4.74 Å². The first-order valence-electron chi connectivity index (χ1n) is 13.7. The van der Waals surface area contributed by atoms with E-state index in [1.165, 1.54) is 7.11 Å². The third kappa shape index (κ3) is 6.00. The van der Waals surface area contributed by atoms with Crippen LogP contribution < -0.4 is 15.4 Å². The van der Waals surface area contributed by atoms with Crippen molar-refractivity contribution in [2.45, 2.75) is 12.4 Å². The Balaban J connectivity index is 1.66. The molecule has 46 heavy (non-hydrogen) atoms. The molecular weight excluding hydrogens is 676 g/mol. The number of rotatable bonds is 7. The summed E-state index contributed by atoms with van der Waals surface area (Å²) in [5.74, 6) is 0.0388. The van der Waals surface area contributed by atoms with Gasteiger partial charge in [-0.05, 0) is 78.2 Å². The standard InChI is InChI=1S/C34H22BrF6N3O2/c1-46-26-12-10-24(11-13-26)42-28-29(43-25-17-21(33(36,37)38)16-22(18-25)34(39,40)41)31(32(45)20-6-8-23(35)9-7-20)44-15-14-19-4-2-3-5-27(19)30(28)44/h2-18,42-43H,1H3. The molecular formula is C34H22BrF6N3O2. The predicted molar refractivity (Wildman–Crippen MR) is 168 cm³/mol. The first kappa shape index (κ1) is 31.0. The van der Waals surface area contributed by atoms with Crippen molar-refractivity contribution in [3.63, 3.8) is 0 Å². The minimum atomic E-state index is -5.07. The number of carbonyl (C=O) groups excluding carboxylic acids is 1. The van der Waals surface area contributed by atoms with E-state index >= 15 is 0 Å². The molecule has 0 saturated carbocycles. The highest BCUT2D eigenvalue weighted by Crippen LogP contribution is 2.44. The third-order valence-corrected chi connectivity index (χ3v) is 7.89. The number of benzene rings is 4. The number of pyridine rings is 1. The summed E-state index contributed by atoms with van der Waals surface area (Å²) in [6, 6.07) is 23.5. The fourth-order valence-electron chi connectivity index (χ4n) is 5.21. The summed E-state index contributed by atoms with van der Waals surface area (Å²) in [7, 11) is 1.50. The number of nitrogens with one attached hydrogen (secondary N) is 2. The number of halogens is 7. The van der Waals surface area contributed by atoms with Gasteiger partial charge in [-0.25, -0.2) is 0 Å². The molecule has 12 heteroatoms. The Morgan fingerprint density at radius 2 is 1.35 bits per heavy atom. The number of hydrogen-bond acceptors (Lipinski definition) is 4. The third-order valence-electron chi connectivity index (χ3n) is 7.36. The Bertz CT molecular complexity index is 2050. The van der Waals surface area contributed by atoms with Gasteiger partial charge in [0.1, 0.15) is 11.4 Å². The fourth-order valence-corrected chi connectivity index (χ4v) is 5.47. The first-order valence-corrected chi connectivity index (χ1v) is 14.5. The van der Waals surface area contributed by atoms with Crippen LogP contribution in [0.4, 0.5) is 49.1 Å². The predicted octanol–water partition coefficient (Wildman–Crippen LogP) is 10.6. The summed E-state index contributed by atoms with van der Waals surface area (Å²) in [5, 5.41) is 7.52. The van der Waals surface area contributed by atoms with E-state index in [1.807, 2.05) is 18.2 Å². The Labute approximate surface area is 266 Å². The van der Waals surface area contributed by atoms with Gasteiger partial charge in [-0.2, -0.15) is 26.3 Å². The van der Waals surface area contributed by atoms with Crippen LogP contribution in [0.1, 0.15) is 27.2 Å². The Hall–Kier alpha value is -4.97. The molecule has 5 nitrogen and oxygen atoms in total. The maximum atomic E-state index is 14.2. The maximum Gasteiger partial charge on any atom is 0.416 e. The normalized spacial score (nSPS) is 12.0. The van der Waals surface area contributed by atoms with Gasteiger partial charge in [0.25, 0.3) is 0 Å². The van der Waals surface area contributed by atoms with Crippen LogP contribution in [0.15, 0.2) is 108 Å². The molecule has 4 aromatic carbocycles. The number of nitrogens with zero attached hydrogens (tertiary/aromatic N) is 1. The lowest BCUT2D eigenvalue weighted by Crippen LogP contribution is -2.12. The van der Waals surface area contributed by atoms with Crippen LogP contribution in [0.2, 0.25) is 0 Å². The van der Waals surface area contributed by atoms with Gasteiger partial charge < -0.3 is 19.8 Å². The molecule has 2 aromatic heterocycles. The number of anilines is 4. The zero-order valence-corrected chi connectivity index (χ0v) is 25.3. The number of ketones is 1. The largest absolute Gasteiger partial charge is 0.497 e. The average Bonchev–Trinajstić information content (AvgIpc) is 3.33. The highest BCUT2D eigenvalue weighted by Gasteiger charge is 2.37. The van der Waals surface area contributed by atoms with Crippen molar-refractivity contribution < 1.29 is 35.9 Å². The topological polar surface area (TPSA) is 54.8 Å². The van der Waals surface area contributed by atoms with Crippen molar-refractivity contribution in [2.24, 2.45) is 0 Å². The van der Waals surface area contributed by atoms with Crippen LogP contribution in [0.5, 0.6) is 5.75 Å². The van der Waals surface area contributed by atoms with E-state index in [2.05, 4.69) is 26.6 Å². The lowest BCUT2D eigenvalue weighted by molar-refractivity contribution is -0.143. The van der Waals surface area contributed by atoms with Crippen molar-refractivity contribution in [1.29, 1.82) is 0 Å². The van der Waals surface area contributed by atoms with Crippen LogP contribution in [0.25, 0.3) is 16.3 Å². The van der Waals surface area contributed by atoms with Gasteiger partial charge in [-0.3, -0.25) is 4.79 Å². The second-order valence-corrected chi connectivity index (χ2v) is 11.2. The smallest absolute Gasteiger partial charge is 0.416 e. The quantitative estimate of drug-likeness (QED) is 0.129. The molecule has 0 radical (unpaired) electrons. The number of aromatic nitrogens is 1. The summed E-state index contributed by atoms with van der Waals surface area (Å²) in [5.41, 5.74) is -2.04. The number of carbonyl (C=O) groups is 1. The Morgan fingerprint density at radius 1 is 0.739 bits per heavy atom. The molecule has 0 atom stereocenters. The van der Waals surface area contributed by atoms with Crippen LogP contribution in [-0.2, 0) is 12.4 Å². The molecule has 234 valence electrons. The number of ether oxygens (including phenoxy) is 1. The summed E-state index contributed by atoms with van der Waals surface area (Å²) in [6.45, 7) is 0. The molecule has 0 unspecified atom stereocenters. The van der Waals surface area contributed by atoms with Crippen LogP contribution in [-0.4, -0.2) is 17.3 Å². The van der Waals surface area contributed by atoms with E-state index in [-0.39, 0.29) is 28.7 Å². The molecule has 0 aliphatic heterocycles. The zero-order valence-electron chi connectivity index (χ0n) is 23.7. The SMILES string of the molecule is COc1ccc(Nc2c(Nc3cc(C(F)(F)F)cc(C(F)(F)F)c3)c(C(=O)c3ccc(Br)cc3)n3ccc4ccccc4c23)cc1. The van der Waals surface area contributed by atoms with Crippen LogP contribution in [0.3, 0.4) is 0 Å². The van der Waals surface area contributed by atoms with Gasteiger partial charge in [0, 0.05) is 33.0 Å². The molecule has 0 aliphatic carbocycles. The van der Waals surface area contributed by atoms with Gasteiger partial charge in [0.2, 0.25) is 5.78 Å².